The second-order valence-corrected chi connectivity index (χ2v) is 5.19. The third-order valence-corrected chi connectivity index (χ3v) is 2.23. The van der Waals surface area contributed by atoms with E-state index in [4.69, 9.17) is 0 Å². The molecule has 0 bridgehead atoms. The fourth-order valence-electron chi connectivity index (χ4n) is 0.945. The molecule has 0 aromatic carbocycles. The van der Waals surface area contributed by atoms with Crippen LogP contribution in [-0.4, -0.2) is 11.2 Å². The van der Waals surface area contributed by atoms with Crippen LogP contribution in [0, 0.1) is 11.3 Å². The highest BCUT2D eigenvalue weighted by Crippen LogP contribution is 2.19. The number of aliphatic hydroxyl groups is 1. The first kappa shape index (κ1) is 12.7. The predicted molar refractivity (Wildman–Crippen MR) is 58.7 cm³/mol. The molecule has 13 heavy (non-hydrogen) atoms. The SMILES string of the molecule is C[C@@H](O)[C@@H](C)C/C=C\CC(C)(C)C. The van der Waals surface area contributed by atoms with Gasteiger partial charge in [-0.3, -0.25) is 0 Å². The van der Waals surface area contributed by atoms with Gasteiger partial charge in [0.2, 0.25) is 0 Å². The maximum atomic E-state index is 9.25. The van der Waals surface area contributed by atoms with Crippen molar-refractivity contribution in [2.75, 3.05) is 0 Å². The third kappa shape index (κ3) is 8.04. The Morgan fingerprint density at radius 2 is 1.69 bits per heavy atom. The number of hydrogen-bond donors (Lipinski definition) is 1. The van der Waals surface area contributed by atoms with Crippen molar-refractivity contribution >= 4 is 0 Å². The van der Waals surface area contributed by atoms with Crippen LogP contribution in [0.1, 0.15) is 47.5 Å². The van der Waals surface area contributed by atoms with Crippen molar-refractivity contribution in [3.05, 3.63) is 12.2 Å². The van der Waals surface area contributed by atoms with Gasteiger partial charge in [-0.25, -0.2) is 0 Å². The summed E-state index contributed by atoms with van der Waals surface area (Å²) in [4.78, 5) is 0. The maximum absolute atomic E-state index is 9.25. The Hall–Kier alpha value is -0.300. The third-order valence-electron chi connectivity index (χ3n) is 2.23. The molecule has 78 valence electrons. The molecular weight excluding hydrogens is 160 g/mol. The molecule has 0 aliphatic rings. The fourth-order valence-corrected chi connectivity index (χ4v) is 0.945. The van der Waals surface area contributed by atoms with Crippen LogP contribution < -0.4 is 0 Å². The lowest BCUT2D eigenvalue weighted by Crippen LogP contribution is -2.11. The van der Waals surface area contributed by atoms with Gasteiger partial charge in [-0.15, -0.1) is 0 Å². The minimum Gasteiger partial charge on any atom is -0.393 e. The topological polar surface area (TPSA) is 20.2 Å². The van der Waals surface area contributed by atoms with Gasteiger partial charge < -0.3 is 5.11 Å². The molecule has 0 saturated carbocycles. The molecule has 2 atom stereocenters. The molecule has 1 heteroatoms. The van der Waals surface area contributed by atoms with Gasteiger partial charge in [0.15, 0.2) is 0 Å². The molecule has 1 N–H and O–H groups in total. The highest BCUT2D eigenvalue weighted by Gasteiger charge is 2.08. The molecule has 0 heterocycles. The van der Waals surface area contributed by atoms with Crippen molar-refractivity contribution in [1.82, 2.24) is 0 Å². The molecule has 0 aliphatic carbocycles. The van der Waals surface area contributed by atoms with E-state index in [0.29, 0.717) is 11.3 Å². The molecule has 0 aromatic heterocycles. The van der Waals surface area contributed by atoms with E-state index >= 15 is 0 Å². The van der Waals surface area contributed by atoms with Gasteiger partial charge >= 0.3 is 0 Å². The summed E-state index contributed by atoms with van der Waals surface area (Å²) in [6.07, 6.45) is 6.30. The van der Waals surface area contributed by atoms with E-state index in [1.54, 1.807) is 0 Å². The van der Waals surface area contributed by atoms with Crippen molar-refractivity contribution in [1.29, 1.82) is 0 Å². The molecule has 1 nitrogen and oxygen atoms in total. The standard InChI is InChI=1S/C12H24O/c1-10(11(2)13)8-6-7-9-12(3,4)5/h6-7,10-11,13H,8-9H2,1-5H3/b7-6-/t10-,11+/m0/s1. The molecular formula is C12H24O. The average molecular weight is 184 g/mol. The monoisotopic (exact) mass is 184 g/mol. The zero-order valence-corrected chi connectivity index (χ0v) is 9.67. The number of hydrogen-bond acceptors (Lipinski definition) is 1. The Morgan fingerprint density at radius 3 is 2.08 bits per heavy atom. The normalized spacial score (nSPS) is 17.7. The first-order chi connectivity index (χ1) is 5.83. The minimum atomic E-state index is -0.195. The first-order valence-electron chi connectivity index (χ1n) is 5.16. The number of aliphatic hydroxyl groups excluding tert-OH is 1. The summed E-state index contributed by atoms with van der Waals surface area (Å²) in [6.45, 7) is 10.6. The van der Waals surface area contributed by atoms with Gasteiger partial charge in [0.1, 0.15) is 0 Å². The Bertz CT molecular complexity index is 151. The lowest BCUT2D eigenvalue weighted by molar-refractivity contribution is 0.136. The summed E-state index contributed by atoms with van der Waals surface area (Å²) >= 11 is 0. The van der Waals surface area contributed by atoms with Crippen LogP contribution in [0.5, 0.6) is 0 Å². The summed E-state index contributed by atoms with van der Waals surface area (Å²) in [5, 5.41) is 9.25. The molecule has 0 saturated heterocycles. The zero-order valence-electron chi connectivity index (χ0n) is 9.67. The highest BCUT2D eigenvalue weighted by atomic mass is 16.3. The molecule has 0 spiro atoms. The number of rotatable bonds is 4. The minimum absolute atomic E-state index is 0.195. The van der Waals surface area contributed by atoms with Crippen molar-refractivity contribution in [3.8, 4) is 0 Å². The Morgan fingerprint density at radius 1 is 1.15 bits per heavy atom. The van der Waals surface area contributed by atoms with Gasteiger partial charge in [0.05, 0.1) is 6.10 Å². The first-order valence-corrected chi connectivity index (χ1v) is 5.16. The molecule has 0 amide bonds. The lowest BCUT2D eigenvalue weighted by Gasteiger charge is -2.15. The maximum Gasteiger partial charge on any atom is 0.0540 e. The van der Waals surface area contributed by atoms with E-state index in [0.717, 1.165) is 12.8 Å². The van der Waals surface area contributed by atoms with Crippen LogP contribution in [0.15, 0.2) is 12.2 Å². The zero-order chi connectivity index (χ0) is 10.5. The molecule has 0 aromatic rings. The largest absolute Gasteiger partial charge is 0.393 e. The van der Waals surface area contributed by atoms with E-state index < -0.39 is 0 Å². The van der Waals surface area contributed by atoms with Crippen molar-refractivity contribution < 1.29 is 5.11 Å². The second-order valence-electron chi connectivity index (χ2n) is 5.19. The van der Waals surface area contributed by atoms with Gasteiger partial charge in [-0.2, -0.15) is 0 Å². The van der Waals surface area contributed by atoms with Crippen LogP contribution in [0.25, 0.3) is 0 Å². The Labute approximate surface area is 82.9 Å². The smallest absolute Gasteiger partial charge is 0.0540 e. The fraction of sp³-hybridized carbons (Fsp3) is 0.833. The van der Waals surface area contributed by atoms with E-state index in [-0.39, 0.29) is 6.10 Å². The van der Waals surface area contributed by atoms with Crippen LogP contribution in [-0.2, 0) is 0 Å². The van der Waals surface area contributed by atoms with Gasteiger partial charge in [0, 0.05) is 0 Å². The Balaban J connectivity index is 3.64. The highest BCUT2D eigenvalue weighted by molar-refractivity contribution is 4.87. The number of allylic oxidation sites excluding steroid dienone is 2. The van der Waals surface area contributed by atoms with Gasteiger partial charge in [-0.1, -0.05) is 39.8 Å². The van der Waals surface area contributed by atoms with Gasteiger partial charge in [0.25, 0.3) is 0 Å². The summed E-state index contributed by atoms with van der Waals surface area (Å²) < 4.78 is 0. The molecule has 0 aliphatic heterocycles. The second kappa shape index (κ2) is 5.43. The van der Waals surface area contributed by atoms with E-state index in [2.05, 4.69) is 39.8 Å². The van der Waals surface area contributed by atoms with Crippen LogP contribution in [0.2, 0.25) is 0 Å². The summed E-state index contributed by atoms with van der Waals surface area (Å²) in [5.41, 5.74) is 0.380. The predicted octanol–water partition coefficient (Wildman–Crippen LogP) is 3.39. The summed E-state index contributed by atoms with van der Waals surface area (Å²) in [7, 11) is 0. The molecule has 0 fully saturated rings. The van der Waals surface area contributed by atoms with Crippen LogP contribution in [0.4, 0.5) is 0 Å². The lowest BCUT2D eigenvalue weighted by atomic mass is 9.91. The molecule has 0 radical (unpaired) electrons. The van der Waals surface area contributed by atoms with E-state index in [1.165, 1.54) is 0 Å². The van der Waals surface area contributed by atoms with E-state index in [9.17, 15) is 5.11 Å². The van der Waals surface area contributed by atoms with Crippen molar-refractivity contribution in [2.45, 2.75) is 53.6 Å². The van der Waals surface area contributed by atoms with Crippen molar-refractivity contribution in [2.24, 2.45) is 11.3 Å². The van der Waals surface area contributed by atoms with Crippen molar-refractivity contribution in [3.63, 3.8) is 0 Å². The average Bonchev–Trinajstić information content (AvgIpc) is 1.95. The van der Waals surface area contributed by atoms with Crippen LogP contribution in [0.3, 0.4) is 0 Å². The summed E-state index contributed by atoms with van der Waals surface area (Å²) in [6, 6.07) is 0. The van der Waals surface area contributed by atoms with Crippen LogP contribution >= 0.6 is 0 Å². The molecule has 0 rings (SSSR count). The van der Waals surface area contributed by atoms with E-state index in [1.807, 2.05) is 6.92 Å². The van der Waals surface area contributed by atoms with Gasteiger partial charge in [-0.05, 0) is 31.1 Å². The molecule has 0 unspecified atom stereocenters. The quantitative estimate of drug-likeness (QED) is 0.664. The Kier molecular flexibility index (Phi) is 5.31. The summed E-state index contributed by atoms with van der Waals surface area (Å²) in [5.74, 6) is 0.371.